The molecule has 3 unspecified atom stereocenters. The molecule has 0 aliphatic heterocycles. The van der Waals surface area contributed by atoms with Gasteiger partial charge in [-0.3, -0.25) is 9.59 Å². The number of carboxylic acid groups (broad SMARTS) is 1. The highest BCUT2D eigenvalue weighted by Crippen LogP contribution is 2.18. The highest BCUT2D eigenvalue weighted by molar-refractivity contribution is 7.98. The number of carbonyl (C=O) groups excluding carboxylic acids is 2. The Morgan fingerprint density at radius 1 is 1.17 bits per heavy atom. The second-order valence-electron chi connectivity index (χ2n) is 6.59. The Kier molecular flexibility index (Phi) is 8.50. The number of nitrogens with two attached hydrogens (primary N) is 1. The van der Waals surface area contributed by atoms with E-state index in [9.17, 15) is 24.6 Å². The minimum Gasteiger partial charge on any atom is -0.480 e. The summed E-state index contributed by atoms with van der Waals surface area (Å²) in [5.41, 5.74) is 7.76. The van der Waals surface area contributed by atoms with Crippen LogP contribution < -0.4 is 16.4 Å². The monoisotopic (exact) mass is 422 g/mol. The van der Waals surface area contributed by atoms with Gasteiger partial charge in [-0.25, -0.2) is 4.79 Å². The number of hydrogen-bond acceptors (Lipinski definition) is 6. The van der Waals surface area contributed by atoms with Gasteiger partial charge in [-0.1, -0.05) is 18.2 Å². The van der Waals surface area contributed by atoms with Crippen LogP contribution in [0, 0.1) is 0 Å². The van der Waals surface area contributed by atoms with E-state index in [0.717, 1.165) is 16.5 Å². The van der Waals surface area contributed by atoms with E-state index in [1.807, 2.05) is 30.5 Å². The second-order valence-corrected chi connectivity index (χ2v) is 7.58. The minimum absolute atomic E-state index is 0.231. The van der Waals surface area contributed by atoms with Gasteiger partial charge < -0.3 is 31.6 Å². The molecular formula is C19H26N4O5S. The number of aliphatic hydroxyl groups excluding tert-OH is 1. The fourth-order valence-corrected chi connectivity index (χ4v) is 3.34. The minimum atomic E-state index is -1.28. The van der Waals surface area contributed by atoms with Crippen LogP contribution in [0.25, 0.3) is 10.9 Å². The van der Waals surface area contributed by atoms with Crippen LogP contribution >= 0.6 is 11.8 Å². The van der Waals surface area contributed by atoms with Gasteiger partial charge in [0, 0.05) is 17.1 Å². The zero-order chi connectivity index (χ0) is 21.4. The average Bonchev–Trinajstić information content (AvgIpc) is 3.11. The summed E-state index contributed by atoms with van der Waals surface area (Å²) in [7, 11) is 0. The highest BCUT2D eigenvalue weighted by Gasteiger charge is 2.27. The first kappa shape index (κ1) is 22.7. The Morgan fingerprint density at radius 3 is 2.52 bits per heavy atom. The number of carbonyl (C=O) groups is 3. The first-order chi connectivity index (χ1) is 13.9. The number of aromatic nitrogens is 1. The number of fused-ring (bicyclic) bond motifs is 1. The third kappa shape index (κ3) is 6.21. The lowest BCUT2D eigenvalue weighted by Gasteiger charge is -2.21. The molecule has 0 bridgehead atoms. The maximum Gasteiger partial charge on any atom is 0.326 e. The molecule has 0 spiro atoms. The van der Waals surface area contributed by atoms with Crippen LogP contribution in [0.3, 0.4) is 0 Å². The molecule has 9 nitrogen and oxygen atoms in total. The number of nitrogens with one attached hydrogen (secondary N) is 3. The molecular weight excluding hydrogens is 396 g/mol. The van der Waals surface area contributed by atoms with Crippen molar-refractivity contribution in [3.05, 3.63) is 36.0 Å². The number of aromatic amines is 1. The fourth-order valence-electron chi connectivity index (χ4n) is 2.87. The molecule has 1 heterocycles. The van der Waals surface area contributed by atoms with Gasteiger partial charge in [-0.15, -0.1) is 0 Å². The van der Waals surface area contributed by atoms with Gasteiger partial charge in [0.1, 0.15) is 12.1 Å². The summed E-state index contributed by atoms with van der Waals surface area (Å²) >= 11 is 1.45. The molecule has 0 saturated heterocycles. The smallest absolute Gasteiger partial charge is 0.326 e. The van der Waals surface area contributed by atoms with Crippen molar-refractivity contribution in [3.63, 3.8) is 0 Å². The zero-order valence-corrected chi connectivity index (χ0v) is 16.9. The summed E-state index contributed by atoms with van der Waals surface area (Å²) in [6.07, 6.45) is 4.07. The van der Waals surface area contributed by atoms with Crippen molar-refractivity contribution in [2.45, 2.75) is 31.0 Å². The molecule has 0 saturated carbocycles. The van der Waals surface area contributed by atoms with E-state index in [1.54, 1.807) is 6.20 Å². The number of aliphatic hydroxyl groups is 1. The van der Waals surface area contributed by atoms with Crippen LogP contribution in [0.1, 0.15) is 12.0 Å². The van der Waals surface area contributed by atoms with Gasteiger partial charge >= 0.3 is 5.97 Å². The van der Waals surface area contributed by atoms with E-state index in [-0.39, 0.29) is 12.8 Å². The van der Waals surface area contributed by atoms with Crippen LogP contribution in [-0.2, 0) is 20.8 Å². The van der Waals surface area contributed by atoms with Crippen LogP contribution in [-0.4, -0.2) is 69.7 Å². The lowest BCUT2D eigenvalue weighted by molar-refractivity contribution is -0.142. The SMILES string of the molecule is CSCCC(NC(=O)C(CO)NC(=O)C(N)Cc1c[nH]c2ccccc12)C(=O)O. The third-order valence-corrected chi connectivity index (χ3v) is 5.14. The molecule has 1 aromatic heterocycles. The Balaban J connectivity index is 1.97. The Bertz CT molecular complexity index is 856. The predicted molar refractivity (Wildman–Crippen MR) is 112 cm³/mol. The van der Waals surface area contributed by atoms with Crippen molar-refractivity contribution in [2.24, 2.45) is 5.73 Å². The van der Waals surface area contributed by atoms with Crippen LogP contribution in [0.2, 0.25) is 0 Å². The molecule has 7 N–H and O–H groups in total. The summed E-state index contributed by atoms with van der Waals surface area (Å²) in [6.45, 7) is -0.674. The lowest BCUT2D eigenvalue weighted by atomic mass is 10.0. The zero-order valence-electron chi connectivity index (χ0n) is 16.1. The van der Waals surface area contributed by atoms with Crippen molar-refractivity contribution in [2.75, 3.05) is 18.6 Å². The molecule has 2 amide bonds. The first-order valence-electron chi connectivity index (χ1n) is 9.11. The standard InChI is InChI=1S/C19H26N4O5S/c1-29-7-6-15(19(27)28)22-18(26)16(10-24)23-17(25)13(20)8-11-9-21-14-5-3-2-4-12(11)14/h2-5,9,13,15-16,21,24H,6-8,10,20H2,1H3,(H,22,26)(H,23,25)(H,27,28). The number of aliphatic carboxylic acids is 1. The molecule has 2 rings (SSSR count). The van der Waals surface area contributed by atoms with Crippen molar-refractivity contribution < 1.29 is 24.6 Å². The van der Waals surface area contributed by atoms with Crippen LogP contribution in [0.4, 0.5) is 0 Å². The fraction of sp³-hybridized carbons (Fsp3) is 0.421. The summed E-state index contributed by atoms with van der Waals surface area (Å²) in [4.78, 5) is 39.1. The van der Waals surface area contributed by atoms with Crippen molar-refractivity contribution in [1.82, 2.24) is 15.6 Å². The summed E-state index contributed by atoms with van der Waals surface area (Å²) in [5, 5.41) is 24.4. The number of amides is 2. The van der Waals surface area contributed by atoms with E-state index < -0.39 is 42.5 Å². The quantitative estimate of drug-likeness (QED) is 0.294. The van der Waals surface area contributed by atoms with Crippen molar-refractivity contribution >= 4 is 40.4 Å². The number of rotatable bonds is 11. The van der Waals surface area contributed by atoms with E-state index >= 15 is 0 Å². The van der Waals surface area contributed by atoms with Gasteiger partial charge in [-0.2, -0.15) is 11.8 Å². The van der Waals surface area contributed by atoms with Gasteiger partial charge in [0.05, 0.1) is 12.6 Å². The average molecular weight is 423 g/mol. The number of para-hydroxylation sites is 1. The Labute approximate surface area is 172 Å². The van der Waals surface area contributed by atoms with Crippen LogP contribution in [0.5, 0.6) is 0 Å². The third-order valence-electron chi connectivity index (χ3n) is 4.49. The van der Waals surface area contributed by atoms with E-state index in [1.165, 1.54) is 11.8 Å². The van der Waals surface area contributed by atoms with E-state index in [0.29, 0.717) is 5.75 Å². The number of benzene rings is 1. The van der Waals surface area contributed by atoms with Gasteiger partial charge in [0.25, 0.3) is 0 Å². The molecule has 0 radical (unpaired) electrons. The Morgan fingerprint density at radius 2 is 1.86 bits per heavy atom. The first-order valence-corrected chi connectivity index (χ1v) is 10.5. The number of H-pyrrole nitrogens is 1. The molecule has 29 heavy (non-hydrogen) atoms. The van der Waals surface area contributed by atoms with Gasteiger partial charge in [0.15, 0.2) is 0 Å². The number of carboxylic acids is 1. The van der Waals surface area contributed by atoms with Crippen molar-refractivity contribution in [1.29, 1.82) is 0 Å². The van der Waals surface area contributed by atoms with E-state index in [2.05, 4.69) is 15.6 Å². The molecule has 3 atom stereocenters. The van der Waals surface area contributed by atoms with Crippen LogP contribution in [0.15, 0.2) is 30.5 Å². The Hall–Kier alpha value is -2.56. The number of hydrogen-bond donors (Lipinski definition) is 6. The molecule has 1 aromatic carbocycles. The second kappa shape index (κ2) is 10.8. The summed E-state index contributed by atoms with van der Waals surface area (Å²) < 4.78 is 0. The molecule has 0 fully saturated rings. The molecule has 0 aliphatic carbocycles. The van der Waals surface area contributed by atoms with Crippen molar-refractivity contribution in [3.8, 4) is 0 Å². The largest absolute Gasteiger partial charge is 0.480 e. The maximum absolute atomic E-state index is 12.4. The van der Waals surface area contributed by atoms with Gasteiger partial charge in [-0.05, 0) is 36.5 Å². The topological polar surface area (TPSA) is 158 Å². The summed E-state index contributed by atoms with van der Waals surface area (Å²) in [6, 6.07) is 4.27. The normalized spacial score (nSPS) is 14.2. The number of thioether (sulfide) groups is 1. The highest BCUT2D eigenvalue weighted by atomic mass is 32.2. The molecule has 0 aliphatic rings. The van der Waals surface area contributed by atoms with Gasteiger partial charge in [0.2, 0.25) is 11.8 Å². The lowest BCUT2D eigenvalue weighted by Crippen LogP contribution is -2.56. The predicted octanol–water partition coefficient (Wildman–Crippen LogP) is -0.163. The maximum atomic E-state index is 12.4. The summed E-state index contributed by atoms with van der Waals surface area (Å²) in [5.74, 6) is -2.01. The molecule has 158 valence electrons. The van der Waals surface area contributed by atoms with E-state index in [4.69, 9.17) is 5.73 Å². The molecule has 2 aromatic rings. The molecule has 10 heteroatoms.